The van der Waals surface area contributed by atoms with Crippen molar-refractivity contribution in [3.05, 3.63) is 24.3 Å². The van der Waals surface area contributed by atoms with Crippen LogP contribution in [-0.2, 0) is 4.74 Å². The van der Waals surface area contributed by atoms with E-state index in [-0.39, 0.29) is 28.8 Å². The van der Waals surface area contributed by atoms with Crippen LogP contribution in [0.5, 0.6) is 0 Å². The van der Waals surface area contributed by atoms with Crippen molar-refractivity contribution in [2.45, 2.75) is 35.9 Å². The highest BCUT2D eigenvalue weighted by Gasteiger charge is 2.31. The van der Waals surface area contributed by atoms with Gasteiger partial charge in [0.05, 0.1) is 12.1 Å². The topological polar surface area (TPSA) is 21.3 Å². The molecule has 2 rings (SSSR count). The second-order valence-corrected chi connectivity index (χ2v) is 5.27. The lowest BCUT2D eigenvalue weighted by molar-refractivity contribution is -0.0327. The molecule has 1 aliphatic rings. The normalized spacial score (nSPS) is 24.2. The zero-order valence-electron chi connectivity index (χ0n) is 9.83. The van der Waals surface area contributed by atoms with E-state index in [1.807, 2.05) is 6.92 Å². The zero-order valence-corrected chi connectivity index (χ0v) is 10.6. The molecule has 2 unspecified atom stereocenters. The number of hydrogen-bond donors (Lipinski definition) is 1. The fraction of sp³-hybridized carbons (Fsp3) is 0.500. The first-order valence-corrected chi connectivity index (χ1v) is 6.50. The number of anilines is 1. The van der Waals surface area contributed by atoms with E-state index < -0.39 is 5.51 Å². The van der Waals surface area contributed by atoms with Crippen LogP contribution in [0.3, 0.4) is 0 Å². The van der Waals surface area contributed by atoms with Crippen LogP contribution in [0.2, 0.25) is 0 Å². The van der Waals surface area contributed by atoms with Crippen LogP contribution in [0.4, 0.5) is 18.9 Å². The Labute approximate surface area is 108 Å². The van der Waals surface area contributed by atoms with Crippen molar-refractivity contribution in [2.75, 3.05) is 11.9 Å². The number of para-hydroxylation sites is 1. The average molecular weight is 277 g/mol. The Morgan fingerprint density at radius 3 is 2.67 bits per heavy atom. The fourth-order valence-corrected chi connectivity index (χ4v) is 2.55. The Morgan fingerprint density at radius 1 is 1.33 bits per heavy atom. The number of thioether (sulfide) groups is 1. The number of halogens is 3. The molecule has 2 nitrogen and oxygen atoms in total. The van der Waals surface area contributed by atoms with Gasteiger partial charge in [0.25, 0.3) is 0 Å². The first-order valence-electron chi connectivity index (χ1n) is 5.68. The summed E-state index contributed by atoms with van der Waals surface area (Å²) in [6.07, 6.45) is 0.834. The van der Waals surface area contributed by atoms with Gasteiger partial charge in [-0.1, -0.05) is 12.1 Å². The van der Waals surface area contributed by atoms with E-state index in [4.69, 9.17) is 4.74 Å². The summed E-state index contributed by atoms with van der Waals surface area (Å²) in [7, 11) is 0. The highest BCUT2D eigenvalue weighted by atomic mass is 32.2. The zero-order chi connectivity index (χ0) is 13.2. The summed E-state index contributed by atoms with van der Waals surface area (Å²) in [5.74, 6) is 0. The number of ether oxygens (including phenoxy) is 1. The number of hydrogen-bond acceptors (Lipinski definition) is 3. The molecule has 1 aromatic carbocycles. The van der Waals surface area contributed by atoms with Crippen molar-refractivity contribution in [2.24, 2.45) is 0 Å². The molecule has 0 bridgehead atoms. The molecule has 0 spiro atoms. The Kier molecular flexibility index (Phi) is 4.07. The molecule has 0 radical (unpaired) electrons. The third-order valence-corrected chi connectivity index (χ3v) is 3.64. The molecule has 6 heteroatoms. The summed E-state index contributed by atoms with van der Waals surface area (Å²) in [6, 6.07) is 6.54. The van der Waals surface area contributed by atoms with Crippen LogP contribution >= 0.6 is 11.8 Å². The molecule has 1 saturated heterocycles. The van der Waals surface area contributed by atoms with Crippen molar-refractivity contribution in [1.82, 2.24) is 0 Å². The van der Waals surface area contributed by atoms with E-state index in [2.05, 4.69) is 5.32 Å². The first-order chi connectivity index (χ1) is 8.46. The summed E-state index contributed by atoms with van der Waals surface area (Å²) in [5.41, 5.74) is -3.75. The third kappa shape index (κ3) is 3.55. The summed E-state index contributed by atoms with van der Waals surface area (Å²) >= 11 is -0.0914. The lowest BCUT2D eigenvalue weighted by Gasteiger charge is -2.20. The minimum Gasteiger partial charge on any atom is -0.379 e. The lowest BCUT2D eigenvalue weighted by atomic mass is 10.1. The quantitative estimate of drug-likeness (QED) is 0.847. The number of benzene rings is 1. The molecule has 0 aromatic heterocycles. The fourth-order valence-electron chi connectivity index (χ4n) is 1.92. The molecule has 1 aliphatic heterocycles. The van der Waals surface area contributed by atoms with Crippen LogP contribution in [0.1, 0.15) is 13.3 Å². The van der Waals surface area contributed by atoms with E-state index in [0.717, 1.165) is 6.42 Å². The predicted molar refractivity (Wildman–Crippen MR) is 65.8 cm³/mol. The maximum atomic E-state index is 12.4. The van der Waals surface area contributed by atoms with Crippen molar-refractivity contribution < 1.29 is 17.9 Å². The monoisotopic (exact) mass is 277 g/mol. The van der Waals surface area contributed by atoms with Gasteiger partial charge in [-0.05, 0) is 37.2 Å². The second kappa shape index (κ2) is 5.40. The predicted octanol–water partition coefficient (Wildman–Crippen LogP) is 3.89. The molecule has 1 fully saturated rings. The molecule has 0 amide bonds. The molecule has 1 aromatic rings. The van der Waals surface area contributed by atoms with Crippen LogP contribution in [0.15, 0.2) is 29.2 Å². The van der Waals surface area contributed by atoms with Gasteiger partial charge in [-0.15, -0.1) is 0 Å². The molecule has 100 valence electrons. The Bertz CT molecular complexity index is 411. The third-order valence-electron chi connectivity index (χ3n) is 2.83. The highest BCUT2D eigenvalue weighted by molar-refractivity contribution is 8.00. The summed E-state index contributed by atoms with van der Waals surface area (Å²) < 4.78 is 42.7. The van der Waals surface area contributed by atoms with Crippen molar-refractivity contribution in [3.8, 4) is 0 Å². The van der Waals surface area contributed by atoms with Crippen molar-refractivity contribution in [3.63, 3.8) is 0 Å². The van der Waals surface area contributed by atoms with Crippen LogP contribution in [0.25, 0.3) is 0 Å². The van der Waals surface area contributed by atoms with E-state index in [0.29, 0.717) is 12.3 Å². The minimum absolute atomic E-state index is 0.0222. The van der Waals surface area contributed by atoms with E-state index >= 15 is 0 Å². The van der Waals surface area contributed by atoms with Gasteiger partial charge in [0.2, 0.25) is 0 Å². The number of alkyl halides is 3. The average Bonchev–Trinajstić information content (AvgIpc) is 2.65. The van der Waals surface area contributed by atoms with E-state index in [1.54, 1.807) is 18.2 Å². The maximum Gasteiger partial charge on any atom is 0.446 e. The number of rotatable bonds is 3. The molecule has 2 atom stereocenters. The number of nitrogens with one attached hydrogen (secondary N) is 1. The standard InChI is InChI=1S/C12H14F3NOS/c1-8-9(6-7-17-8)16-10-4-2-3-5-11(10)18-12(13,14)15/h2-5,8-9,16H,6-7H2,1H3. The SMILES string of the molecule is CC1OCCC1Nc1ccccc1SC(F)(F)F. The maximum absolute atomic E-state index is 12.4. The van der Waals surface area contributed by atoms with Crippen molar-refractivity contribution >= 4 is 17.4 Å². The Balaban J connectivity index is 2.12. The van der Waals surface area contributed by atoms with Gasteiger partial charge >= 0.3 is 5.51 Å². The molecular weight excluding hydrogens is 263 g/mol. The minimum atomic E-state index is -4.27. The van der Waals surface area contributed by atoms with Gasteiger partial charge in [-0.25, -0.2) is 0 Å². The molecule has 0 aliphatic carbocycles. The van der Waals surface area contributed by atoms with Crippen LogP contribution < -0.4 is 5.32 Å². The molecule has 18 heavy (non-hydrogen) atoms. The van der Waals surface area contributed by atoms with Gasteiger partial charge in [-0.3, -0.25) is 0 Å². The molecule has 0 saturated carbocycles. The highest BCUT2D eigenvalue weighted by Crippen LogP contribution is 2.40. The van der Waals surface area contributed by atoms with Gasteiger partial charge in [0.1, 0.15) is 0 Å². The smallest absolute Gasteiger partial charge is 0.379 e. The summed E-state index contributed by atoms with van der Waals surface area (Å²) in [4.78, 5) is 0.198. The summed E-state index contributed by atoms with van der Waals surface area (Å²) in [5, 5.41) is 3.14. The van der Waals surface area contributed by atoms with Crippen LogP contribution in [-0.4, -0.2) is 24.3 Å². The lowest BCUT2D eigenvalue weighted by Crippen LogP contribution is -2.26. The van der Waals surface area contributed by atoms with Crippen molar-refractivity contribution in [1.29, 1.82) is 0 Å². The first kappa shape index (κ1) is 13.5. The van der Waals surface area contributed by atoms with Gasteiger partial charge < -0.3 is 10.1 Å². The second-order valence-electron chi connectivity index (χ2n) is 4.16. The summed E-state index contributed by atoms with van der Waals surface area (Å²) in [6.45, 7) is 2.57. The van der Waals surface area contributed by atoms with Crippen LogP contribution in [0, 0.1) is 0 Å². The van der Waals surface area contributed by atoms with Gasteiger partial charge in [0.15, 0.2) is 0 Å². The van der Waals surface area contributed by atoms with Gasteiger partial charge in [-0.2, -0.15) is 13.2 Å². The molecule has 1 heterocycles. The Hall–Kier alpha value is -0.880. The van der Waals surface area contributed by atoms with Gasteiger partial charge in [0, 0.05) is 17.2 Å². The Morgan fingerprint density at radius 2 is 2.06 bits per heavy atom. The molecule has 1 N–H and O–H groups in total. The van der Waals surface area contributed by atoms with E-state index in [9.17, 15) is 13.2 Å². The largest absolute Gasteiger partial charge is 0.446 e. The molecular formula is C12H14F3NOS. The van der Waals surface area contributed by atoms with E-state index in [1.165, 1.54) is 6.07 Å².